The molecule has 1 saturated carbocycles. The minimum Gasteiger partial charge on any atom is -0.328 e. The van der Waals surface area contributed by atoms with Gasteiger partial charge >= 0.3 is 0 Å². The number of hydrogen-bond acceptors (Lipinski definition) is 2. The second-order valence-corrected chi connectivity index (χ2v) is 4.97. The van der Waals surface area contributed by atoms with Crippen molar-refractivity contribution in [2.24, 2.45) is 10.9 Å². The Labute approximate surface area is 114 Å². The van der Waals surface area contributed by atoms with E-state index in [1.165, 1.54) is 18.6 Å². The molecule has 0 saturated heterocycles. The Hall–Kier alpha value is -1.90. The summed E-state index contributed by atoms with van der Waals surface area (Å²) < 4.78 is 0. The summed E-state index contributed by atoms with van der Waals surface area (Å²) in [6.07, 6.45) is 4.19. The molecule has 100 valence electrons. The molecule has 1 aromatic carbocycles. The van der Waals surface area contributed by atoms with Crippen molar-refractivity contribution in [3.8, 4) is 0 Å². The van der Waals surface area contributed by atoms with Gasteiger partial charge in [-0.25, -0.2) is 0 Å². The molecule has 0 unspecified atom stereocenters. The molecule has 1 amide bonds. The molecule has 19 heavy (non-hydrogen) atoms. The van der Waals surface area contributed by atoms with E-state index in [1.54, 1.807) is 0 Å². The van der Waals surface area contributed by atoms with Crippen molar-refractivity contribution in [1.82, 2.24) is 0 Å². The van der Waals surface area contributed by atoms with E-state index in [0.717, 1.165) is 28.9 Å². The Kier molecular flexibility index (Phi) is 4.15. The van der Waals surface area contributed by atoms with Crippen LogP contribution in [0.25, 0.3) is 5.70 Å². The number of nitrogens with zero attached hydrogens (tertiary/aromatic N) is 1. The standard InChI is InChI=1S/C16H20N2O/c1-4-15(13-7-8-13)18-12(3)14-6-5-11(2)16(9-14)17-10-19/h5-6,9-10,13H,3-4,7-8H2,1-2H3,(H,17,19). The fraction of sp³-hybridized carbons (Fsp3) is 0.375. The molecular weight excluding hydrogens is 236 g/mol. The molecule has 3 heteroatoms. The first-order valence-corrected chi connectivity index (χ1v) is 6.73. The number of benzene rings is 1. The molecule has 0 atom stereocenters. The van der Waals surface area contributed by atoms with E-state index in [-0.39, 0.29) is 0 Å². The van der Waals surface area contributed by atoms with E-state index in [9.17, 15) is 4.79 Å². The summed E-state index contributed by atoms with van der Waals surface area (Å²) in [6, 6.07) is 5.90. The molecule has 0 heterocycles. The lowest BCUT2D eigenvalue weighted by Crippen LogP contribution is -2.00. The fourth-order valence-electron chi connectivity index (χ4n) is 2.13. The highest BCUT2D eigenvalue weighted by Crippen LogP contribution is 2.33. The Morgan fingerprint density at radius 3 is 2.84 bits per heavy atom. The van der Waals surface area contributed by atoms with Crippen LogP contribution in [0.1, 0.15) is 37.3 Å². The summed E-state index contributed by atoms with van der Waals surface area (Å²) >= 11 is 0. The summed E-state index contributed by atoms with van der Waals surface area (Å²) in [5.41, 5.74) is 4.83. The average Bonchev–Trinajstić information content (AvgIpc) is 3.23. The highest BCUT2D eigenvalue weighted by Gasteiger charge is 2.26. The maximum Gasteiger partial charge on any atom is 0.211 e. The topological polar surface area (TPSA) is 41.5 Å². The summed E-state index contributed by atoms with van der Waals surface area (Å²) in [6.45, 7) is 8.15. The number of nitrogens with one attached hydrogen (secondary N) is 1. The van der Waals surface area contributed by atoms with Gasteiger partial charge in [-0.1, -0.05) is 25.6 Å². The zero-order valence-electron chi connectivity index (χ0n) is 11.6. The minimum absolute atomic E-state index is 0.666. The van der Waals surface area contributed by atoms with E-state index < -0.39 is 0 Å². The van der Waals surface area contributed by atoms with Crippen LogP contribution in [-0.2, 0) is 4.79 Å². The van der Waals surface area contributed by atoms with Crippen LogP contribution in [-0.4, -0.2) is 12.1 Å². The summed E-state index contributed by atoms with van der Waals surface area (Å²) in [5.74, 6) is 0.666. The fourth-order valence-corrected chi connectivity index (χ4v) is 2.13. The molecule has 1 N–H and O–H groups in total. The third kappa shape index (κ3) is 3.31. The minimum atomic E-state index is 0.666. The molecule has 0 bridgehead atoms. The number of hydrogen-bond donors (Lipinski definition) is 1. The van der Waals surface area contributed by atoms with Crippen molar-refractivity contribution < 1.29 is 4.79 Å². The highest BCUT2D eigenvalue weighted by atomic mass is 16.1. The zero-order chi connectivity index (χ0) is 13.8. The van der Waals surface area contributed by atoms with Crippen molar-refractivity contribution in [2.75, 3.05) is 5.32 Å². The number of carbonyl (C=O) groups excluding carboxylic acids is 1. The van der Waals surface area contributed by atoms with Gasteiger partial charge in [-0.05, 0) is 43.7 Å². The quantitative estimate of drug-likeness (QED) is 0.610. The van der Waals surface area contributed by atoms with Gasteiger partial charge in [0.15, 0.2) is 0 Å². The van der Waals surface area contributed by atoms with E-state index in [2.05, 4.69) is 23.8 Å². The van der Waals surface area contributed by atoms with Gasteiger partial charge in [-0.2, -0.15) is 0 Å². The molecule has 1 fully saturated rings. The SMILES string of the molecule is C=C(N=C(CC)C1CC1)c1ccc(C)c(NC=O)c1. The maximum atomic E-state index is 10.6. The molecule has 1 aliphatic rings. The number of anilines is 1. The third-order valence-corrected chi connectivity index (χ3v) is 3.47. The second kappa shape index (κ2) is 5.83. The molecule has 1 aromatic rings. The molecule has 2 rings (SSSR count). The van der Waals surface area contributed by atoms with Gasteiger partial charge in [-0.15, -0.1) is 0 Å². The van der Waals surface area contributed by atoms with Crippen molar-refractivity contribution >= 4 is 23.5 Å². The van der Waals surface area contributed by atoms with Crippen LogP contribution in [0.3, 0.4) is 0 Å². The smallest absolute Gasteiger partial charge is 0.211 e. The van der Waals surface area contributed by atoms with Gasteiger partial charge in [-0.3, -0.25) is 9.79 Å². The van der Waals surface area contributed by atoms with Gasteiger partial charge in [0.05, 0.1) is 5.70 Å². The molecule has 3 nitrogen and oxygen atoms in total. The molecule has 0 spiro atoms. The number of rotatable bonds is 6. The monoisotopic (exact) mass is 256 g/mol. The van der Waals surface area contributed by atoms with Crippen LogP contribution >= 0.6 is 0 Å². The highest BCUT2D eigenvalue weighted by molar-refractivity contribution is 5.93. The number of aryl methyl sites for hydroxylation is 1. The van der Waals surface area contributed by atoms with Crippen molar-refractivity contribution in [3.63, 3.8) is 0 Å². The number of amides is 1. The van der Waals surface area contributed by atoms with E-state index in [4.69, 9.17) is 0 Å². The normalized spacial score (nSPS) is 15.2. The van der Waals surface area contributed by atoms with Gasteiger partial charge in [0.2, 0.25) is 6.41 Å². The Morgan fingerprint density at radius 1 is 1.53 bits per heavy atom. The first-order chi connectivity index (χ1) is 9.15. The van der Waals surface area contributed by atoms with Gasteiger partial charge in [0, 0.05) is 17.0 Å². The lowest BCUT2D eigenvalue weighted by atomic mass is 10.1. The molecule has 0 aromatic heterocycles. The Bertz CT molecular complexity index is 528. The van der Waals surface area contributed by atoms with Gasteiger partial charge in [0.1, 0.15) is 0 Å². The van der Waals surface area contributed by atoms with Crippen LogP contribution in [0.2, 0.25) is 0 Å². The lowest BCUT2D eigenvalue weighted by molar-refractivity contribution is -0.105. The number of aliphatic imine (C=N–C) groups is 1. The van der Waals surface area contributed by atoms with Gasteiger partial charge < -0.3 is 5.32 Å². The van der Waals surface area contributed by atoms with Crippen LogP contribution < -0.4 is 5.32 Å². The van der Waals surface area contributed by atoms with Crippen LogP contribution in [0.15, 0.2) is 29.8 Å². The summed E-state index contributed by atoms with van der Waals surface area (Å²) in [4.78, 5) is 15.2. The molecule has 0 radical (unpaired) electrons. The molecule has 1 aliphatic carbocycles. The third-order valence-electron chi connectivity index (χ3n) is 3.47. The van der Waals surface area contributed by atoms with Crippen molar-refractivity contribution in [3.05, 3.63) is 35.9 Å². The first-order valence-electron chi connectivity index (χ1n) is 6.73. The Balaban J connectivity index is 2.23. The Morgan fingerprint density at radius 2 is 2.26 bits per heavy atom. The zero-order valence-corrected chi connectivity index (χ0v) is 11.6. The largest absolute Gasteiger partial charge is 0.328 e. The van der Waals surface area contributed by atoms with Crippen molar-refractivity contribution in [1.29, 1.82) is 0 Å². The second-order valence-electron chi connectivity index (χ2n) is 4.97. The average molecular weight is 256 g/mol. The van der Waals surface area contributed by atoms with E-state index in [0.29, 0.717) is 12.3 Å². The summed E-state index contributed by atoms with van der Waals surface area (Å²) in [5, 5.41) is 2.70. The van der Waals surface area contributed by atoms with E-state index >= 15 is 0 Å². The maximum absolute atomic E-state index is 10.6. The van der Waals surface area contributed by atoms with Gasteiger partial charge in [0.25, 0.3) is 0 Å². The van der Waals surface area contributed by atoms with E-state index in [1.807, 2.05) is 25.1 Å². The first kappa shape index (κ1) is 13.5. The van der Waals surface area contributed by atoms with Crippen LogP contribution in [0.5, 0.6) is 0 Å². The predicted octanol–water partition coefficient (Wildman–Crippen LogP) is 3.80. The van der Waals surface area contributed by atoms with Crippen molar-refractivity contribution in [2.45, 2.75) is 33.1 Å². The molecular formula is C16H20N2O. The predicted molar refractivity (Wildman–Crippen MR) is 80.3 cm³/mol. The molecule has 0 aliphatic heterocycles. The van der Waals surface area contributed by atoms with Crippen LogP contribution in [0, 0.1) is 12.8 Å². The summed E-state index contributed by atoms with van der Waals surface area (Å²) in [7, 11) is 0. The van der Waals surface area contributed by atoms with Crippen LogP contribution in [0.4, 0.5) is 5.69 Å². The number of carbonyl (C=O) groups is 1. The lowest BCUT2D eigenvalue weighted by Gasteiger charge is -2.09.